The molecule has 0 spiro atoms. The molecule has 13 heavy (non-hydrogen) atoms. The molecule has 66 valence electrons. The van der Waals surface area contributed by atoms with E-state index in [4.69, 9.17) is 5.73 Å². The van der Waals surface area contributed by atoms with Crippen LogP contribution in [0, 0.1) is 0 Å². The summed E-state index contributed by atoms with van der Waals surface area (Å²) in [7, 11) is 0. The zero-order valence-electron chi connectivity index (χ0n) is 6.78. The van der Waals surface area contributed by atoms with Crippen molar-refractivity contribution in [2.75, 3.05) is 0 Å². The van der Waals surface area contributed by atoms with Crippen LogP contribution in [-0.2, 0) is 4.79 Å². The Morgan fingerprint density at radius 2 is 2.15 bits per heavy atom. The first-order valence-corrected chi connectivity index (χ1v) is 4.62. The van der Waals surface area contributed by atoms with E-state index in [0.717, 1.165) is 10.5 Å². The molecule has 0 bridgehead atoms. The van der Waals surface area contributed by atoms with E-state index in [1.54, 1.807) is 6.08 Å². The Balaban J connectivity index is 2.44. The molecule has 0 saturated heterocycles. The number of hydrogen-bond donors (Lipinski definition) is 2. The number of carbonyl (C=O) groups is 1. The van der Waals surface area contributed by atoms with Crippen molar-refractivity contribution >= 4 is 23.9 Å². The van der Waals surface area contributed by atoms with Gasteiger partial charge in [0.25, 0.3) is 5.91 Å². The molecule has 0 aliphatic carbocycles. The van der Waals surface area contributed by atoms with Crippen LogP contribution >= 0.6 is 11.9 Å². The van der Waals surface area contributed by atoms with Crippen molar-refractivity contribution in [1.29, 1.82) is 0 Å². The smallest absolute Gasteiger partial charge is 0.265 e. The highest BCUT2D eigenvalue weighted by Gasteiger charge is 2.12. The third-order valence-electron chi connectivity index (χ3n) is 1.76. The van der Waals surface area contributed by atoms with E-state index >= 15 is 0 Å². The summed E-state index contributed by atoms with van der Waals surface area (Å²) in [5.74, 6) is -0.429. The molecule has 1 aromatic rings. The highest BCUT2D eigenvalue weighted by Crippen LogP contribution is 2.27. The summed E-state index contributed by atoms with van der Waals surface area (Å²) in [5, 5.41) is 0. The second-order valence-electron chi connectivity index (χ2n) is 2.66. The zero-order chi connectivity index (χ0) is 9.26. The molecular formula is C9H8N2OS. The molecule has 0 aromatic heterocycles. The Kier molecular flexibility index (Phi) is 1.98. The summed E-state index contributed by atoms with van der Waals surface area (Å²) in [5.41, 5.74) is 6.62. The van der Waals surface area contributed by atoms with Gasteiger partial charge < -0.3 is 10.5 Å². The Morgan fingerprint density at radius 1 is 1.38 bits per heavy atom. The molecular weight excluding hydrogens is 184 g/mol. The van der Waals surface area contributed by atoms with Crippen molar-refractivity contribution in [2.45, 2.75) is 4.90 Å². The maximum Gasteiger partial charge on any atom is 0.265 e. The number of primary amides is 1. The molecule has 4 heteroatoms. The highest BCUT2D eigenvalue weighted by atomic mass is 32.2. The third-order valence-corrected chi connectivity index (χ3v) is 2.67. The summed E-state index contributed by atoms with van der Waals surface area (Å²) >= 11 is 1.41. The first kappa shape index (κ1) is 8.19. The fourth-order valence-corrected chi connectivity index (χ4v) is 1.88. The monoisotopic (exact) mass is 192 g/mol. The van der Waals surface area contributed by atoms with Crippen molar-refractivity contribution in [3.63, 3.8) is 0 Å². The van der Waals surface area contributed by atoms with Crippen LogP contribution in [0.25, 0.3) is 6.08 Å². The fraction of sp³-hybridized carbons (Fsp3) is 0. The Bertz CT molecular complexity index is 387. The lowest BCUT2D eigenvalue weighted by atomic mass is 10.2. The molecule has 1 heterocycles. The first-order valence-electron chi connectivity index (χ1n) is 3.81. The molecule has 3 N–H and O–H groups in total. The van der Waals surface area contributed by atoms with Crippen LogP contribution in [-0.4, -0.2) is 5.91 Å². The Hall–Kier alpha value is -1.42. The molecule has 0 radical (unpaired) electrons. The lowest BCUT2D eigenvalue weighted by Crippen LogP contribution is -2.23. The second kappa shape index (κ2) is 3.14. The Morgan fingerprint density at radius 3 is 2.92 bits per heavy atom. The van der Waals surface area contributed by atoms with Crippen LogP contribution in [0.1, 0.15) is 5.56 Å². The normalized spacial score (nSPS) is 14.0. The van der Waals surface area contributed by atoms with E-state index < -0.39 is 5.91 Å². The van der Waals surface area contributed by atoms with Crippen LogP contribution in [0.4, 0.5) is 0 Å². The molecule has 0 saturated carbocycles. The van der Waals surface area contributed by atoms with Crippen molar-refractivity contribution in [2.24, 2.45) is 5.73 Å². The predicted molar refractivity (Wildman–Crippen MR) is 52.6 cm³/mol. The quantitative estimate of drug-likeness (QED) is 0.656. The van der Waals surface area contributed by atoms with E-state index in [9.17, 15) is 4.79 Å². The molecule has 0 atom stereocenters. The van der Waals surface area contributed by atoms with Crippen molar-refractivity contribution in [3.8, 4) is 0 Å². The van der Waals surface area contributed by atoms with Crippen LogP contribution in [0.3, 0.4) is 0 Å². The zero-order valence-corrected chi connectivity index (χ0v) is 7.60. The summed E-state index contributed by atoms with van der Waals surface area (Å²) in [6.07, 6.45) is 1.76. The lowest BCUT2D eigenvalue weighted by Gasteiger charge is -2.14. The van der Waals surface area contributed by atoms with E-state index in [2.05, 4.69) is 4.72 Å². The minimum absolute atomic E-state index is 0.429. The van der Waals surface area contributed by atoms with Gasteiger partial charge in [0, 0.05) is 4.90 Å². The van der Waals surface area contributed by atoms with Gasteiger partial charge in [-0.15, -0.1) is 0 Å². The average Bonchev–Trinajstić information content (AvgIpc) is 2.17. The maximum atomic E-state index is 10.8. The summed E-state index contributed by atoms with van der Waals surface area (Å²) in [6, 6.07) is 7.82. The van der Waals surface area contributed by atoms with Gasteiger partial charge in [-0.1, -0.05) is 18.2 Å². The van der Waals surface area contributed by atoms with Crippen LogP contribution in [0.2, 0.25) is 0 Å². The molecule has 1 aliphatic rings. The fourth-order valence-electron chi connectivity index (χ4n) is 1.11. The Labute approximate surface area is 80.1 Å². The summed E-state index contributed by atoms with van der Waals surface area (Å²) < 4.78 is 2.88. The molecule has 3 nitrogen and oxygen atoms in total. The largest absolute Gasteiger partial charge is 0.364 e. The minimum Gasteiger partial charge on any atom is -0.364 e. The van der Waals surface area contributed by atoms with Crippen molar-refractivity contribution < 1.29 is 4.79 Å². The van der Waals surface area contributed by atoms with Crippen LogP contribution in [0.5, 0.6) is 0 Å². The summed E-state index contributed by atoms with van der Waals surface area (Å²) in [4.78, 5) is 11.9. The van der Waals surface area contributed by atoms with Gasteiger partial charge in [-0.05, 0) is 29.7 Å². The van der Waals surface area contributed by atoms with Gasteiger partial charge in [0.1, 0.15) is 5.70 Å². The van der Waals surface area contributed by atoms with Crippen LogP contribution in [0.15, 0.2) is 34.9 Å². The lowest BCUT2D eigenvalue weighted by molar-refractivity contribution is -0.114. The molecule has 1 aromatic carbocycles. The van der Waals surface area contributed by atoms with Gasteiger partial charge in [0.15, 0.2) is 0 Å². The van der Waals surface area contributed by atoms with Crippen molar-refractivity contribution in [1.82, 2.24) is 4.72 Å². The SMILES string of the molecule is NC(=O)C1=Cc2ccccc2SN1. The molecule has 0 fully saturated rings. The third kappa shape index (κ3) is 1.53. The van der Waals surface area contributed by atoms with E-state index in [1.807, 2.05) is 24.3 Å². The molecule has 1 aliphatic heterocycles. The molecule has 0 unspecified atom stereocenters. The van der Waals surface area contributed by atoms with Gasteiger partial charge in [-0.2, -0.15) is 0 Å². The summed E-state index contributed by atoms with van der Waals surface area (Å²) in [6.45, 7) is 0. The minimum atomic E-state index is -0.429. The number of benzene rings is 1. The van der Waals surface area contributed by atoms with Gasteiger partial charge in [-0.3, -0.25) is 4.79 Å². The standard InChI is InChI=1S/C9H8N2OS/c10-9(12)7-5-6-3-1-2-4-8(6)13-11-7/h1-5,11H,(H2,10,12). The van der Waals surface area contributed by atoms with Crippen LogP contribution < -0.4 is 10.5 Å². The number of fused-ring (bicyclic) bond motifs is 1. The number of nitrogens with two attached hydrogens (primary N) is 1. The van der Waals surface area contributed by atoms with Gasteiger partial charge in [0.05, 0.1) is 0 Å². The predicted octanol–water partition coefficient (Wildman–Crippen LogP) is 1.12. The van der Waals surface area contributed by atoms with Gasteiger partial charge >= 0.3 is 0 Å². The van der Waals surface area contributed by atoms with Crippen molar-refractivity contribution in [3.05, 3.63) is 35.5 Å². The number of amides is 1. The van der Waals surface area contributed by atoms with E-state index in [1.165, 1.54) is 11.9 Å². The number of carbonyl (C=O) groups excluding carboxylic acids is 1. The highest BCUT2D eigenvalue weighted by molar-refractivity contribution is 7.97. The topological polar surface area (TPSA) is 55.1 Å². The first-order chi connectivity index (χ1) is 6.27. The number of nitrogens with one attached hydrogen (secondary N) is 1. The number of rotatable bonds is 1. The van der Waals surface area contributed by atoms with E-state index in [-0.39, 0.29) is 0 Å². The molecule has 2 rings (SSSR count). The maximum absolute atomic E-state index is 10.8. The van der Waals surface area contributed by atoms with E-state index in [0.29, 0.717) is 5.70 Å². The second-order valence-corrected chi connectivity index (χ2v) is 3.51. The average molecular weight is 192 g/mol. The van der Waals surface area contributed by atoms with Gasteiger partial charge in [-0.25, -0.2) is 0 Å². The van der Waals surface area contributed by atoms with Gasteiger partial charge in [0.2, 0.25) is 0 Å². The molecule has 1 amide bonds. The number of hydrogen-bond acceptors (Lipinski definition) is 3.